The van der Waals surface area contributed by atoms with Crippen molar-refractivity contribution in [2.45, 2.75) is 32.9 Å². The van der Waals surface area contributed by atoms with Crippen LogP contribution in [-0.2, 0) is 4.79 Å². The number of carbonyl (C=O) groups is 1. The lowest BCUT2D eigenvalue weighted by atomic mass is 10.00. The Morgan fingerprint density at radius 1 is 1.16 bits per heavy atom. The average molecular weight is 345 g/mol. The summed E-state index contributed by atoms with van der Waals surface area (Å²) in [6.07, 6.45) is 0. The molecule has 2 fully saturated rings. The average Bonchev–Trinajstić information content (AvgIpc) is 2.63. The van der Waals surface area contributed by atoms with E-state index in [2.05, 4.69) is 65.1 Å². The molecule has 2 aliphatic rings. The van der Waals surface area contributed by atoms with E-state index >= 15 is 0 Å². The first kappa shape index (κ1) is 18.4. The monoisotopic (exact) mass is 344 g/mol. The molecule has 138 valence electrons. The third-order valence-corrected chi connectivity index (χ3v) is 5.52. The molecule has 0 bridgehead atoms. The van der Waals surface area contributed by atoms with Gasteiger partial charge in [0.2, 0.25) is 5.91 Å². The van der Waals surface area contributed by atoms with Gasteiger partial charge in [-0.3, -0.25) is 9.69 Å². The molecular formula is C20H32N4O. The molecule has 2 heterocycles. The Hall–Kier alpha value is -1.43. The fourth-order valence-electron chi connectivity index (χ4n) is 3.91. The molecule has 25 heavy (non-hydrogen) atoms. The molecule has 0 spiro atoms. The molecule has 1 amide bonds. The lowest BCUT2D eigenvalue weighted by molar-refractivity contribution is -0.139. The second kappa shape index (κ2) is 8.30. The largest absolute Gasteiger partial charge is 0.338 e. The van der Waals surface area contributed by atoms with E-state index in [9.17, 15) is 4.79 Å². The van der Waals surface area contributed by atoms with Crippen LogP contribution in [0.3, 0.4) is 0 Å². The van der Waals surface area contributed by atoms with Gasteiger partial charge in [0.05, 0.1) is 0 Å². The molecule has 2 saturated heterocycles. The van der Waals surface area contributed by atoms with Crippen LogP contribution in [0, 0.1) is 6.92 Å². The zero-order chi connectivity index (χ0) is 17.8. The van der Waals surface area contributed by atoms with Crippen LogP contribution in [-0.4, -0.2) is 79.0 Å². The number of amides is 1. The minimum Gasteiger partial charge on any atom is -0.338 e. The highest BCUT2D eigenvalue weighted by molar-refractivity contribution is 5.83. The number of nitrogens with zero attached hydrogens (tertiary/aromatic N) is 3. The first-order chi connectivity index (χ1) is 12.1. The number of carbonyl (C=O) groups excluding carboxylic acids is 1. The lowest BCUT2D eigenvalue weighted by Crippen LogP contribution is -2.56. The maximum Gasteiger partial charge on any atom is 0.244 e. The fraction of sp³-hybridized carbons (Fsp3) is 0.650. The van der Waals surface area contributed by atoms with E-state index in [0.717, 1.165) is 57.9 Å². The Bertz CT molecular complexity index is 566. The van der Waals surface area contributed by atoms with Crippen molar-refractivity contribution in [3.05, 3.63) is 35.4 Å². The fourth-order valence-corrected chi connectivity index (χ4v) is 3.91. The summed E-state index contributed by atoms with van der Waals surface area (Å²) in [4.78, 5) is 20.3. The molecule has 2 unspecified atom stereocenters. The van der Waals surface area contributed by atoms with E-state index < -0.39 is 0 Å². The summed E-state index contributed by atoms with van der Waals surface area (Å²) in [5.74, 6) is 0.272. The molecule has 5 nitrogen and oxygen atoms in total. The van der Waals surface area contributed by atoms with Gasteiger partial charge in [-0.25, -0.2) is 0 Å². The highest BCUT2D eigenvalue weighted by Gasteiger charge is 2.34. The van der Waals surface area contributed by atoms with Crippen LogP contribution >= 0.6 is 0 Å². The van der Waals surface area contributed by atoms with Crippen LogP contribution in [0.15, 0.2) is 24.3 Å². The summed E-state index contributed by atoms with van der Waals surface area (Å²) in [6.45, 7) is 14.0. The van der Waals surface area contributed by atoms with Crippen LogP contribution < -0.4 is 5.32 Å². The van der Waals surface area contributed by atoms with Gasteiger partial charge in [0.25, 0.3) is 0 Å². The van der Waals surface area contributed by atoms with Gasteiger partial charge in [0.15, 0.2) is 0 Å². The van der Waals surface area contributed by atoms with E-state index in [-0.39, 0.29) is 11.9 Å². The van der Waals surface area contributed by atoms with Crippen molar-refractivity contribution in [2.75, 3.05) is 52.4 Å². The number of piperazine rings is 2. The Morgan fingerprint density at radius 2 is 1.84 bits per heavy atom. The van der Waals surface area contributed by atoms with Crippen LogP contribution in [0.1, 0.15) is 31.0 Å². The predicted octanol–water partition coefficient (Wildman–Crippen LogP) is 1.49. The number of hydrogen-bond donors (Lipinski definition) is 1. The Morgan fingerprint density at radius 3 is 2.44 bits per heavy atom. The molecule has 0 aliphatic carbocycles. The zero-order valence-corrected chi connectivity index (χ0v) is 15.9. The first-order valence-electron chi connectivity index (χ1n) is 9.63. The number of nitrogens with one attached hydrogen (secondary N) is 1. The van der Waals surface area contributed by atoms with Crippen molar-refractivity contribution in [1.82, 2.24) is 20.0 Å². The van der Waals surface area contributed by atoms with Crippen molar-refractivity contribution in [3.63, 3.8) is 0 Å². The number of likely N-dealkylation sites (N-methyl/N-ethyl adjacent to an activating group) is 1. The van der Waals surface area contributed by atoms with Gasteiger partial charge in [-0.1, -0.05) is 36.8 Å². The Labute approximate surface area is 152 Å². The third kappa shape index (κ3) is 4.40. The summed E-state index contributed by atoms with van der Waals surface area (Å²) in [6, 6.07) is 8.77. The van der Waals surface area contributed by atoms with Crippen molar-refractivity contribution >= 4 is 5.91 Å². The molecule has 0 aromatic heterocycles. The van der Waals surface area contributed by atoms with Gasteiger partial charge in [0.1, 0.15) is 6.04 Å². The second-order valence-electron chi connectivity index (χ2n) is 7.42. The Kier molecular flexibility index (Phi) is 6.10. The maximum atomic E-state index is 13.4. The van der Waals surface area contributed by atoms with Gasteiger partial charge in [-0.05, 0) is 26.0 Å². The quantitative estimate of drug-likeness (QED) is 0.898. The number of rotatable bonds is 4. The van der Waals surface area contributed by atoms with E-state index in [4.69, 9.17) is 0 Å². The van der Waals surface area contributed by atoms with Crippen molar-refractivity contribution < 1.29 is 4.79 Å². The molecule has 5 heteroatoms. The molecule has 0 saturated carbocycles. The highest BCUT2D eigenvalue weighted by Crippen LogP contribution is 2.25. The minimum atomic E-state index is -0.154. The SMILES string of the molecule is CCN1CCN(C(=O)C(c2ccc(C)cc2)N2CCNC(C)C2)CC1. The highest BCUT2D eigenvalue weighted by atomic mass is 16.2. The third-order valence-electron chi connectivity index (χ3n) is 5.52. The smallest absolute Gasteiger partial charge is 0.244 e. The van der Waals surface area contributed by atoms with Gasteiger partial charge >= 0.3 is 0 Å². The van der Waals surface area contributed by atoms with Crippen LogP contribution in [0.4, 0.5) is 0 Å². The van der Waals surface area contributed by atoms with Gasteiger partial charge < -0.3 is 15.1 Å². The van der Waals surface area contributed by atoms with Crippen LogP contribution in [0.2, 0.25) is 0 Å². The van der Waals surface area contributed by atoms with Crippen molar-refractivity contribution in [2.24, 2.45) is 0 Å². The molecule has 2 aliphatic heterocycles. The summed E-state index contributed by atoms with van der Waals surface area (Å²) >= 11 is 0. The molecule has 1 aromatic rings. The van der Waals surface area contributed by atoms with Gasteiger partial charge in [0, 0.05) is 51.9 Å². The van der Waals surface area contributed by atoms with Gasteiger partial charge in [-0.2, -0.15) is 0 Å². The van der Waals surface area contributed by atoms with Gasteiger partial charge in [-0.15, -0.1) is 0 Å². The summed E-state index contributed by atoms with van der Waals surface area (Å²) in [5, 5.41) is 3.49. The number of aryl methyl sites for hydroxylation is 1. The van der Waals surface area contributed by atoms with Crippen molar-refractivity contribution in [3.8, 4) is 0 Å². The first-order valence-corrected chi connectivity index (χ1v) is 9.63. The summed E-state index contributed by atoms with van der Waals surface area (Å²) < 4.78 is 0. The molecule has 0 radical (unpaired) electrons. The summed E-state index contributed by atoms with van der Waals surface area (Å²) in [5.41, 5.74) is 2.36. The molecule has 1 N–H and O–H groups in total. The topological polar surface area (TPSA) is 38.8 Å². The zero-order valence-electron chi connectivity index (χ0n) is 15.9. The van der Waals surface area contributed by atoms with E-state index in [1.807, 2.05) is 0 Å². The molecule has 1 aromatic carbocycles. The van der Waals surface area contributed by atoms with Crippen LogP contribution in [0.5, 0.6) is 0 Å². The van der Waals surface area contributed by atoms with Crippen LogP contribution in [0.25, 0.3) is 0 Å². The maximum absolute atomic E-state index is 13.4. The Balaban J connectivity index is 1.80. The summed E-state index contributed by atoms with van der Waals surface area (Å²) in [7, 11) is 0. The van der Waals surface area contributed by atoms with E-state index in [1.165, 1.54) is 5.56 Å². The molecule has 3 rings (SSSR count). The predicted molar refractivity (Wildman–Crippen MR) is 102 cm³/mol. The number of hydrogen-bond acceptors (Lipinski definition) is 4. The second-order valence-corrected chi connectivity index (χ2v) is 7.42. The van der Waals surface area contributed by atoms with E-state index in [0.29, 0.717) is 6.04 Å². The van der Waals surface area contributed by atoms with Crippen molar-refractivity contribution in [1.29, 1.82) is 0 Å². The lowest BCUT2D eigenvalue weighted by Gasteiger charge is -2.41. The minimum absolute atomic E-state index is 0.154. The molecule has 2 atom stereocenters. The molecular weight excluding hydrogens is 312 g/mol. The standard InChI is InChI=1S/C20H32N4O/c1-4-22-11-13-23(14-12-22)20(25)19(18-7-5-16(2)6-8-18)24-10-9-21-17(3)15-24/h5-8,17,19,21H,4,9-15H2,1-3H3. The number of benzene rings is 1. The van der Waals surface area contributed by atoms with E-state index in [1.54, 1.807) is 0 Å². The normalized spacial score (nSPS) is 24.3.